The zero-order valence-corrected chi connectivity index (χ0v) is 21.5. The van der Waals surface area contributed by atoms with E-state index in [1.165, 1.54) is 0 Å². The Kier molecular flexibility index (Phi) is 9.54. The van der Waals surface area contributed by atoms with E-state index in [2.05, 4.69) is 20.9 Å². The van der Waals surface area contributed by atoms with Gasteiger partial charge in [-0.2, -0.15) is 0 Å². The monoisotopic (exact) mass is 507 g/mol. The van der Waals surface area contributed by atoms with Gasteiger partial charge in [-0.1, -0.05) is 6.07 Å². The van der Waals surface area contributed by atoms with Crippen LogP contribution in [0.3, 0.4) is 0 Å². The van der Waals surface area contributed by atoms with E-state index >= 15 is 0 Å². The van der Waals surface area contributed by atoms with E-state index in [1.54, 1.807) is 42.5 Å². The van der Waals surface area contributed by atoms with Gasteiger partial charge in [0.1, 0.15) is 23.1 Å². The molecule has 3 amide bonds. The highest BCUT2D eigenvalue weighted by molar-refractivity contribution is 6.06. The first-order valence-corrected chi connectivity index (χ1v) is 12.1. The standard InChI is InChI=1S/C27H33N5O5/c1-5-35-22-12-11-19(14-20(22)26(33)32-25-10-8-9-17(4)30-25)31-27(34)29-16-18-13-24(37-7-3)21(28)15-23(18)36-6-2/h8-15H,5-7,16,28H2,1-4H3,(H2,29,31,34)(H,30,32,33). The third kappa shape index (κ3) is 7.50. The third-order valence-corrected chi connectivity index (χ3v) is 5.14. The number of ether oxygens (including phenoxy) is 3. The second kappa shape index (κ2) is 13.0. The summed E-state index contributed by atoms with van der Waals surface area (Å²) in [6.45, 7) is 8.85. The van der Waals surface area contributed by atoms with Crippen LogP contribution < -0.4 is 35.9 Å². The molecule has 3 aromatic rings. The Labute approximate surface area is 216 Å². The number of aromatic nitrogens is 1. The predicted molar refractivity (Wildman–Crippen MR) is 144 cm³/mol. The van der Waals surface area contributed by atoms with Crippen LogP contribution in [0.5, 0.6) is 17.2 Å². The molecule has 1 heterocycles. The lowest BCUT2D eigenvalue weighted by molar-refractivity contribution is 0.102. The van der Waals surface area contributed by atoms with Crippen LogP contribution in [0, 0.1) is 6.92 Å². The minimum absolute atomic E-state index is 0.172. The van der Waals surface area contributed by atoms with Gasteiger partial charge in [0.15, 0.2) is 0 Å². The number of urea groups is 1. The van der Waals surface area contributed by atoms with E-state index in [0.717, 1.165) is 5.69 Å². The quantitative estimate of drug-likeness (QED) is 0.275. The van der Waals surface area contributed by atoms with Crippen molar-refractivity contribution >= 4 is 29.1 Å². The molecule has 5 N–H and O–H groups in total. The molecule has 2 aromatic carbocycles. The van der Waals surface area contributed by atoms with E-state index in [1.807, 2.05) is 33.8 Å². The summed E-state index contributed by atoms with van der Waals surface area (Å²) in [4.78, 5) is 30.0. The number of nitrogen functional groups attached to an aromatic ring is 1. The number of rotatable bonds is 11. The van der Waals surface area contributed by atoms with Crippen LogP contribution in [0.1, 0.15) is 42.4 Å². The van der Waals surface area contributed by atoms with Crippen LogP contribution >= 0.6 is 0 Å². The lowest BCUT2D eigenvalue weighted by Crippen LogP contribution is -2.28. The number of hydrogen-bond acceptors (Lipinski definition) is 7. The van der Waals surface area contributed by atoms with Gasteiger partial charge in [-0.15, -0.1) is 0 Å². The van der Waals surface area contributed by atoms with Gasteiger partial charge < -0.3 is 35.9 Å². The van der Waals surface area contributed by atoms with E-state index < -0.39 is 11.9 Å². The average Bonchev–Trinajstić information content (AvgIpc) is 2.86. The number of nitrogens with one attached hydrogen (secondary N) is 3. The Balaban J connectivity index is 1.73. The molecule has 0 aliphatic carbocycles. The fourth-order valence-corrected chi connectivity index (χ4v) is 3.54. The Morgan fingerprint density at radius 2 is 1.57 bits per heavy atom. The van der Waals surface area contributed by atoms with E-state index in [-0.39, 0.29) is 12.1 Å². The van der Waals surface area contributed by atoms with Gasteiger partial charge in [-0.05, 0) is 64.1 Å². The second-order valence-corrected chi connectivity index (χ2v) is 7.93. The molecular formula is C27H33N5O5. The Bertz CT molecular complexity index is 1250. The predicted octanol–water partition coefficient (Wildman–Crippen LogP) is 4.74. The molecule has 0 unspecified atom stereocenters. The highest BCUT2D eigenvalue weighted by atomic mass is 16.5. The SMILES string of the molecule is CCOc1cc(CNC(=O)Nc2ccc(OCC)c(C(=O)Nc3cccc(C)n3)c2)c(OCC)cc1N. The van der Waals surface area contributed by atoms with Crippen molar-refractivity contribution in [3.63, 3.8) is 0 Å². The molecule has 0 saturated carbocycles. The Hall–Kier alpha value is -4.47. The van der Waals surface area contributed by atoms with Crippen LogP contribution in [-0.2, 0) is 6.54 Å². The van der Waals surface area contributed by atoms with E-state index in [9.17, 15) is 9.59 Å². The van der Waals surface area contributed by atoms with Crippen molar-refractivity contribution in [1.29, 1.82) is 0 Å². The number of carbonyl (C=O) groups is 2. The maximum Gasteiger partial charge on any atom is 0.319 e. The summed E-state index contributed by atoms with van der Waals surface area (Å²) < 4.78 is 16.8. The topological polar surface area (TPSA) is 137 Å². The van der Waals surface area contributed by atoms with Gasteiger partial charge in [0.05, 0.1) is 31.1 Å². The summed E-state index contributed by atoms with van der Waals surface area (Å²) in [7, 11) is 0. The van der Waals surface area contributed by atoms with Crippen molar-refractivity contribution in [3.05, 3.63) is 65.4 Å². The van der Waals surface area contributed by atoms with Crippen molar-refractivity contribution in [3.8, 4) is 17.2 Å². The minimum atomic E-state index is -0.465. The van der Waals surface area contributed by atoms with E-state index in [4.69, 9.17) is 19.9 Å². The summed E-state index contributed by atoms with van der Waals surface area (Å²) in [6.07, 6.45) is 0. The fraction of sp³-hybridized carbons (Fsp3) is 0.296. The van der Waals surface area contributed by atoms with Gasteiger partial charge in [0.25, 0.3) is 5.91 Å². The molecule has 3 rings (SSSR count). The Morgan fingerprint density at radius 3 is 2.27 bits per heavy atom. The summed E-state index contributed by atoms with van der Waals surface area (Å²) >= 11 is 0. The van der Waals surface area contributed by atoms with Crippen molar-refractivity contribution in [1.82, 2.24) is 10.3 Å². The molecule has 0 spiro atoms. The number of amides is 3. The summed E-state index contributed by atoms with van der Waals surface area (Å²) in [5, 5.41) is 8.32. The highest BCUT2D eigenvalue weighted by Crippen LogP contribution is 2.31. The first kappa shape index (κ1) is 27.1. The molecule has 0 bridgehead atoms. The number of carbonyl (C=O) groups excluding carboxylic acids is 2. The van der Waals surface area contributed by atoms with Crippen molar-refractivity contribution in [2.75, 3.05) is 36.2 Å². The van der Waals surface area contributed by atoms with Gasteiger partial charge in [-0.3, -0.25) is 4.79 Å². The number of hydrogen-bond donors (Lipinski definition) is 4. The third-order valence-electron chi connectivity index (χ3n) is 5.14. The number of nitrogens with zero attached hydrogens (tertiary/aromatic N) is 1. The van der Waals surface area contributed by atoms with Gasteiger partial charge in [-0.25, -0.2) is 9.78 Å². The average molecular weight is 508 g/mol. The number of pyridine rings is 1. The molecule has 10 heteroatoms. The highest BCUT2D eigenvalue weighted by Gasteiger charge is 2.16. The number of benzene rings is 2. The van der Waals surface area contributed by atoms with Crippen LogP contribution in [0.25, 0.3) is 0 Å². The van der Waals surface area contributed by atoms with Crippen molar-refractivity contribution < 1.29 is 23.8 Å². The Morgan fingerprint density at radius 1 is 0.865 bits per heavy atom. The van der Waals surface area contributed by atoms with Crippen LogP contribution in [0.2, 0.25) is 0 Å². The molecule has 0 saturated heterocycles. The smallest absolute Gasteiger partial charge is 0.319 e. The van der Waals surface area contributed by atoms with Crippen LogP contribution in [0.15, 0.2) is 48.5 Å². The molecule has 0 aliphatic rings. The molecule has 0 aliphatic heterocycles. The number of anilines is 3. The summed E-state index contributed by atoms with van der Waals surface area (Å²) in [6, 6.07) is 13.2. The molecule has 0 radical (unpaired) electrons. The lowest BCUT2D eigenvalue weighted by Gasteiger charge is -2.16. The largest absolute Gasteiger partial charge is 0.493 e. The first-order chi connectivity index (χ1) is 17.8. The van der Waals surface area contributed by atoms with Crippen molar-refractivity contribution in [2.45, 2.75) is 34.2 Å². The number of aryl methyl sites for hydroxylation is 1. The van der Waals surface area contributed by atoms with Gasteiger partial charge in [0.2, 0.25) is 0 Å². The zero-order valence-electron chi connectivity index (χ0n) is 21.5. The molecule has 0 fully saturated rings. The van der Waals surface area contributed by atoms with Crippen molar-refractivity contribution in [2.24, 2.45) is 0 Å². The van der Waals surface area contributed by atoms with Crippen LogP contribution in [-0.4, -0.2) is 36.7 Å². The summed E-state index contributed by atoms with van der Waals surface area (Å²) in [5.74, 6) is 1.49. The minimum Gasteiger partial charge on any atom is -0.493 e. The maximum absolute atomic E-state index is 13.0. The molecule has 1 aromatic heterocycles. The molecule has 196 valence electrons. The normalized spacial score (nSPS) is 10.4. The molecule has 10 nitrogen and oxygen atoms in total. The second-order valence-electron chi connectivity index (χ2n) is 7.93. The number of nitrogens with two attached hydrogens (primary N) is 1. The summed E-state index contributed by atoms with van der Waals surface area (Å²) in [5.41, 5.74) is 8.67. The van der Waals surface area contributed by atoms with E-state index in [0.29, 0.717) is 59.8 Å². The lowest BCUT2D eigenvalue weighted by atomic mass is 10.1. The van der Waals surface area contributed by atoms with Gasteiger partial charge >= 0.3 is 6.03 Å². The van der Waals surface area contributed by atoms with Gasteiger partial charge in [0, 0.05) is 29.6 Å². The first-order valence-electron chi connectivity index (χ1n) is 12.1. The zero-order chi connectivity index (χ0) is 26.8. The fourth-order valence-electron chi connectivity index (χ4n) is 3.54. The molecule has 37 heavy (non-hydrogen) atoms. The van der Waals surface area contributed by atoms with Crippen LogP contribution in [0.4, 0.5) is 22.0 Å². The maximum atomic E-state index is 13.0. The molecular weight excluding hydrogens is 474 g/mol. The molecule has 0 atom stereocenters.